The zero-order valence-electron chi connectivity index (χ0n) is 15.1. The summed E-state index contributed by atoms with van der Waals surface area (Å²) in [6, 6.07) is 5.36. The molecule has 2 rings (SSSR count). The third-order valence-corrected chi connectivity index (χ3v) is 6.42. The second kappa shape index (κ2) is 8.97. The van der Waals surface area contributed by atoms with Gasteiger partial charge in [-0.25, -0.2) is 8.42 Å². The van der Waals surface area contributed by atoms with Gasteiger partial charge in [0.15, 0.2) is 5.78 Å². The molecule has 0 aromatic heterocycles. The molecule has 1 saturated heterocycles. The Morgan fingerprint density at radius 1 is 1.38 bits per heavy atom. The van der Waals surface area contributed by atoms with E-state index in [1.807, 2.05) is 13.8 Å². The van der Waals surface area contributed by atoms with Crippen molar-refractivity contribution in [3.8, 4) is 0 Å². The van der Waals surface area contributed by atoms with Crippen molar-refractivity contribution in [2.75, 3.05) is 13.1 Å². The highest BCUT2D eigenvalue weighted by Gasteiger charge is 2.32. The SMILES string of the molecule is CC(C)CCC(=O)NC1CCCN(S(=O)(=O)c2cccc(Cl)c2)CC1=O. The Hall–Kier alpha value is -1.44. The van der Waals surface area contributed by atoms with Crippen LogP contribution < -0.4 is 5.32 Å². The standard InChI is InChI=1S/C18H25ClN2O4S/c1-13(2)8-9-18(23)20-16-7-4-10-21(12-17(16)22)26(24,25)15-6-3-5-14(19)11-15/h3,5-6,11,13,16H,4,7-10,12H2,1-2H3,(H,20,23). The Morgan fingerprint density at radius 3 is 2.77 bits per heavy atom. The molecule has 0 saturated carbocycles. The first-order valence-electron chi connectivity index (χ1n) is 8.78. The highest BCUT2D eigenvalue weighted by atomic mass is 35.5. The summed E-state index contributed by atoms with van der Waals surface area (Å²) in [5.74, 6) is -0.0434. The number of hydrogen-bond donors (Lipinski definition) is 1. The molecule has 0 radical (unpaired) electrons. The van der Waals surface area contributed by atoms with Crippen molar-refractivity contribution in [3.05, 3.63) is 29.3 Å². The summed E-state index contributed by atoms with van der Waals surface area (Å²) in [6.45, 7) is 4.05. The molecule has 1 unspecified atom stereocenters. The summed E-state index contributed by atoms with van der Waals surface area (Å²) in [7, 11) is -3.80. The van der Waals surface area contributed by atoms with E-state index in [1.54, 1.807) is 12.1 Å². The molecule has 1 aromatic rings. The quantitative estimate of drug-likeness (QED) is 0.795. The molecule has 1 heterocycles. The molecule has 26 heavy (non-hydrogen) atoms. The van der Waals surface area contributed by atoms with Crippen LogP contribution in [0, 0.1) is 5.92 Å². The summed E-state index contributed by atoms with van der Waals surface area (Å²) in [5, 5.41) is 3.08. The molecule has 0 spiro atoms. The molecule has 144 valence electrons. The van der Waals surface area contributed by atoms with Crippen LogP contribution in [-0.2, 0) is 19.6 Å². The first kappa shape index (κ1) is 20.9. The van der Waals surface area contributed by atoms with E-state index in [4.69, 9.17) is 11.6 Å². The average Bonchev–Trinajstić information content (AvgIpc) is 2.75. The minimum absolute atomic E-state index is 0.0669. The number of sulfonamides is 1. The number of carbonyl (C=O) groups is 2. The van der Waals surface area contributed by atoms with Gasteiger partial charge >= 0.3 is 0 Å². The lowest BCUT2D eigenvalue weighted by Crippen LogP contribution is -2.44. The van der Waals surface area contributed by atoms with Crippen LogP contribution in [0.15, 0.2) is 29.2 Å². The summed E-state index contributed by atoms with van der Waals surface area (Å²) >= 11 is 5.89. The molecule has 1 fully saturated rings. The monoisotopic (exact) mass is 400 g/mol. The third kappa shape index (κ3) is 5.53. The second-order valence-electron chi connectivity index (χ2n) is 6.96. The van der Waals surface area contributed by atoms with Gasteiger partial charge in [-0.05, 0) is 43.4 Å². The molecule has 8 heteroatoms. The van der Waals surface area contributed by atoms with Gasteiger partial charge in [0.05, 0.1) is 17.5 Å². The number of benzene rings is 1. The third-order valence-electron chi connectivity index (χ3n) is 4.34. The molecule has 1 atom stereocenters. The fourth-order valence-corrected chi connectivity index (χ4v) is 4.56. The first-order valence-corrected chi connectivity index (χ1v) is 10.6. The van der Waals surface area contributed by atoms with E-state index in [0.29, 0.717) is 30.2 Å². The number of carbonyl (C=O) groups excluding carboxylic acids is 2. The van der Waals surface area contributed by atoms with Crippen LogP contribution in [0.4, 0.5) is 0 Å². The van der Waals surface area contributed by atoms with E-state index in [9.17, 15) is 18.0 Å². The van der Waals surface area contributed by atoms with Gasteiger partial charge in [-0.15, -0.1) is 0 Å². The lowest BCUT2D eigenvalue weighted by atomic mass is 10.1. The number of amides is 1. The van der Waals surface area contributed by atoms with Crippen molar-refractivity contribution in [2.45, 2.75) is 50.5 Å². The molecular formula is C18H25ClN2O4S. The molecule has 1 aromatic carbocycles. The van der Waals surface area contributed by atoms with Gasteiger partial charge in [0.2, 0.25) is 15.9 Å². The molecule has 1 aliphatic heterocycles. The van der Waals surface area contributed by atoms with E-state index in [1.165, 1.54) is 16.4 Å². The second-order valence-corrected chi connectivity index (χ2v) is 9.33. The van der Waals surface area contributed by atoms with Gasteiger partial charge in [-0.1, -0.05) is 31.5 Å². The zero-order valence-corrected chi connectivity index (χ0v) is 16.6. The summed E-state index contributed by atoms with van der Waals surface area (Å²) in [5.41, 5.74) is 0. The number of nitrogens with one attached hydrogen (secondary N) is 1. The topological polar surface area (TPSA) is 83.6 Å². The molecule has 0 bridgehead atoms. The molecule has 6 nitrogen and oxygen atoms in total. The van der Waals surface area contributed by atoms with Crippen LogP contribution in [0.1, 0.15) is 39.5 Å². The Morgan fingerprint density at radius 2 is 2.12 bits per heavy atom. The van der Waals surface area contributed by atoms with Crippen molar-refractivity contribution >= 4 is 33.3 Å². The highest BCUT2D eigenvalue weighted by molar-refractivity contribution is 7.89. The Balaban J connectivity index is 2.05. The Kier molecular flexibility index (Phi) is 7.20. The maximum absolute atomic E-state index is 12.8. The predicted octanol–water partition coefficient (Wildman–Crippen LogP) is 2.61. The van der Waals surface area contributed by atoms with Crippen LogP contribution in [0.5, 0.6) is 0 Å². The minimum Gasteiger partial charge on any atom is -0.346 e. The first-order chi connectivity index (χ1) is 12.2. The number of nitrogens with zero attached hydrogens (tertiary/aromatic N) is 1. The molecule has 1 aliphatic rings. The van der Waals surface area contributed by atoms with Crippen LogP contribution in [0.3, 0.4) is 0 Å². The molecule has 1 N–H and O–H groups in total. The van der Waals surface area contributed by atoms with Crippen LogP contribution in [-0.4, -0.2) is 43.5 Å². The fourth-order valence-electron chi connectivity index (χ4n) is 2.82. The van der Waals surface area contributed by atoms with Gasteiger partial charge in [0, 0.05) is 18.0 Å². The molecule has 1 amide bonds. The largest absolute Gasteiger partial charge is 0.346 e. The lowest BCUT2D eigenvalue weighted by Gasteiger charge is -2.20. The van der Waals surface area contributed by atoms with Crippen molar-refractivity contribution in [1.82, 2.24) is 9.62 Å². The molecule has 0 aliphatic carbocycles. The fraction of sp³-hybridized carbons (Fsp3) is 0.556. The van der Waals surface area contributed by atoms with Crippen LogP contribution in [0.2, 0.25) is 5.02 Å². The van der Waals surface area contributed by atoms with Gasteiger partial charge in [-0.3, -0.25) is 9.59 Å². The van der Waals surface area contributed by atoms with Gasteiger partial charge < -0.3 is 5.32 Å². The summed E-state index contributed by atoms with van der Waals surface area (Å²) in [6.07, 6.45) is 2.06. The van der Waals surface area contributed by atoms with Crippen LogP contribution >= 0.6 is 11.6 Å². The van der Waals surface area contributed by atoms with Gasteiger partial charge in [0.1, 0.15) is 0 Å². The highest BCUT2D eigenvalue weighted by Crippen LogP contribution is 2.22. The Labute approximate surface area is 160 Å². The Bertz CT molecular complexity index is 764. The van der Waals surface area contributed by atoms with E-state index in [0.717, 1.165) is 6.42 Å². The molecular weight excluding hydrogens is 376 g/mol. The number of ketones is 1. The number of hydrogen-bond acceptors (Lipinski definition) is 4. The van der Waals surface area contributed by atoms with E-state index in [2.05, 4.69) is 5.32 Å². The van der Waals surface area contributed by atoms with Crippen molar-refractivity contribution in [1.29, 1.82) is 0 Å². The number of Topliss-reactive ketones (excluding diaryl/α,β-unsaturated/α-hetero) is 1. The van der Waals surface area contributed by atoms with Crippen molar-refractivity contribution in [3.63, 3.8) is 0 Å². The van der Waals surface area contributed by atoms with E-state index >= 15 is 0 Å². The normalized spacial score (nSPS) is 19.4. The van der Waals surface area contributed by atoms with Gasteiger partial charge in [-0.2, -0.15) is 4.31 Å². The number of halogens is 1. The zero-order chi connectivity index (χ0) is 19.3. The maximum atomic E-state index is 12.8. The number of rotatable bonds is 6. The van der Waals surface area contributed by atoms with E-state index in [-0.39, 0.29) is 29.7 Å². The van der Waals surface area contributed by atoms with Crippen LogP contribution in [0.25, 0.3) is 0 Å². The predicted molar refractivity (Wildman–Crippen MR) is 100 cm³/mol. The van der Waals surface area contributed by atoms with Gasteiger partial charge in [0.25, 0.3) is 0 Å². The summed E-state index contributed by atoms with van der Waals surface area (Å²) in [4.78, 5) is 24.6. The van der Waals surface area contributed by atoms with E-state index < -0.39 is 16.1 Å². The minimum atomic E-state index is -3.80. The lowest BCUT2D eigenvalue weighted by molar-refractivity contribution is -0.127. The van der Waals surface area contributed by atoms with Crippen molar-refractivity contribution in [2.24, 2.45) is 5.92 Å². The van der Waals surface area contributed by atoms with Crippen molar-refractivity contribution < 1.29 is 18.0 Å². The average molecular weight is 401 g/mol. The maximum Gasteiger partial charge on any atom is 0.243 e. The smallest absolute Gasteiger partial charge is 0.243 e. The summed E-state index contributed by atoms with van der Waals surface area (Å²) < 4.78 is 26.7.